The lowest BCUT2D eigenvalue weighted by atomic mass is 10.0. The number of amides is 1. The number of hydrogen-bond donors (Lipinski definition) is 2. The molecule has 13 heavy (non-hydrogen) atoms. The number of carbonyl (C=O) groups excluding carboxylic acids is 1. The molecule has 1 rings (SSSR count). The summed E-state index contributed by atoms with van der Waals surface area (Å²) in [5.74, 6) is -2.28. The first kappa shape index (κ1) is 10.0. The first-order valence-electron chi connectivity index (χ1n) is 4.61. The summed E-state index contributed by atoms with van der Waals surface area (Å²) in [5, 5.41) is 10.7. The number of nitrogens with one attached hydrogen (secondary N) is 1. The lowest BCUT2D eigenvalue weighted by Gasteiger charge is -2.13. The zero-order valence-electron chi connectivity index (χ0n) is 7.80. The minimum Gasteiger partial charge on any atom is -0.474 e. The zero-order chi connectivity index (χ0) is 9.90. The van der Waals surface area contributed by atoms with Crippen molar-refractivity contribution in [3.8, 4) is 0 Å². The third kappa shape index (κ3) is 2.72. The summed E-state index contributed by atoms with van der Waals surface area (Å²) < 4.78 is 0. The minimum absolute atomic E-state index is 0.222. The van der Waals surface area contributed by atoms with Crippen molar-refractivity contribution in [3.05, 3.63) is 0 Å². The van der Waals surface area contributed by atoms with Crippen LogP contribution in [0.15, 0.2) is 0 Å². The molecule has 1 amide bonds. The SMILES string of the molecule is CCCC1(CNC(=O)C(=O)O)CC1. The number of hydrogen-bond acceptors (Lipinski definition) is 2. The fraction of sp³-hybridized carbons (Fsp3) is 0.778. The molecule has 1 aliphatic rings. The standard InChI is InChI=1S/C9H15NO3/c1-2-3-9(4-5-9)6-10-7(11)8(12)13/h2-6H2,1H3,(H,10,11)(H,12,13). The topological polar surface area (TPSA) is 66.4 Å². The van der Waals surface area contributed by atoms with Crippen LogP contribution >= 0.6 is 0 Å². The van der Waals surface area contributed by atoms with Crippen LogP contribution in [0.2, 0.25) is 0 Å². The van der Waals surface area contributed by atoms with Crippen molar-refractivity contribution in [3.63, 3.8) is 0 Å². The van der Waals surface area contributed by atoms with Crippen molar-refractivity contribution < 1.29 is 14.7 Å². The summed E-state index contributed by atoms with van der Waals surface area (Å²) >= 11 is 0. The second-order valence-electron chi connectivity index (χ2n) is 3.74. The molecule has 0 spiro atoms. The fourth-order valence-electron chi connectivity index (χ4n) is 1.57. The van der Waals surface area contributed by atoms with Crippen LogP contribution in [0.25, 0.3) is 0 Å². The van der Waals surface area contributed by atoms with Crippen LogP contribution in [0.1, 0.15) is 32.6 Å². The molecule has 4 heteroatoms. The summed E-state index contributed by atoms with van der Waals surface area (Å²) in [4.78, 5) is 20.9. The third-order valence-electron chi connectivity index (χ3n) is 2.56. The molecule has 0 radical (unpaired) electrons. The molecule has 1 aliphatic carbocycles. The summed E-state index contributed by atoms with van der Waals surface area (Å²) in [6.07, 6.45) is 4.39. The van der Waals surface area contributed by atoms with Gasteiger partial charge in [-0.3, -0.25) is 4.79 Å². The average Bonchev–Trinajstić information content (AvgIpc) is 2.82. The minimum atomic E-state index is -1.40. The molecule has 0 heterocycles. The van der Waals surface area contributed by atoms with Crippen molar-refractivity contribution in [1.29, 1.82) is 0 Å². The van der Waals surface area contributed by atoms with E-state index in [1.807, 2.05) is 0 Å². The Balaban J connectivity index is 2.26. The molecule has 4 nitrogen and oxygen atoms in total. The van der Waals surface area contributed by atoms with Crippen LogP contribution in [-0.2, 0) is 9.59 Å². The molecule has 0 bridgehead atoms. The monoisotopic (exact) mass is 185 g/mol. The second kappa shape index (κ2) is 3.77. The Kier molecular flexibility index (Phi) is 2.90. The largest absolute Gasteiger partial charge is 0.474 e. The normalized spacial score (nSPS) is 17.9. The van der Waals surface area contributed by atoms with E-state index in [0.29, 0.717) is 6.54 Å². The van der Waals surface area contributed by atoms with E-state index in [0.717, 1.165) is 25.7 Å². The summed E-state index contributed by atoms with van der Waals surface area (Å²) in [6.45, 7) is 2.62. The molecule has 2 N–H and O–H groups in total. The van der Waals surface area contributed by atoms with Gasteiger partial charge in [-0.1, -0.05) is 13.3 Å². The maximum absolute atomic E-state index is 10.7. The van der Waals surface area contributed by atoms with Gasteiger partial charge in [-0.15, -0.1) is 0 Å². The molecule has 1 saturated carbocycles. The van der Waals surface area contributed by atoms with Gasteiger partial charge in [0.25, 0.3) is 0 Å². The lowest BCUT2D eigenvalue weighted by molar-refractivity contribution is -0.150. The van der Waals surface area contributed by atoms with Crippen molar-refractivity contribution in [2.45, 2.75) is 32.6 Å². The Morgan fingerprint density at radius 1 is 1.46 bits per heavy atom. The third-order valence-corrected chi connectivity index (χ3v) is 2.56. The Labute approximate surface area is 77.3 Å². The van der Waals surface area contributed by atoms with Crippen LogP contribution < -0.4 is 5.32 Å². The van der Waals surface area contributed by atoms with Gasteiger partial charge in [0.2, 0.25) is 0 Å². The van der Waals surface area contributed by atoms with E-state index in [1.54, 1.807) is 0 Å². The molecule has 0 saturated heterocycles. The van der Waals surface area contributed by atoms with Gasteiger partial charge in [0, 0.05) is 6.54 Å². The van der Waals surface area contributed by atoms with E-state index in [-0.39, 0.29) is 5.41 Å². The molecule has 0 aromatic heterocycles. The Bertz CT molecular complexity index is 221. The second-order valence-corrected chi connectivity index (χ2v) is 3.74. The molecule has 1 fully saturated rings. The van der Waals surface area contributed by atoms with E-state index >= 15 is 0 Å². The van der Waals surface area contributed by atoms with Gasteiger partial charge in [0.1, 0.15) is 0 Å². The van der Waals surface area contributed by atoms with E-state index < -0.39 is 11.9 Å². The molecular weight excluding hydrogens is 170 g/mol. The Hall–Kier alpha value is -1.06. The fourth-order valence-corrected chi connectivity index (χ4v) is 1.57. The van der Waals surface area contributed by atoms with Gasteiger partial charge < -0.3 is 10.4 Å². The van der Waals surface area contributed by atoms with Crippen LogP contribution in [-0.4, -0.2) is 23.5 Å². The van der Waals surface area contributed by atoms with Crippen LogP contribution in [0, 0.1) is 5.41 Å². The van der Waals surface area contributed by atoms with Crippen LogP contribution in [0.4, 0.5) is 0 Å². The maximum atomic E-state index is 10.7. The van der Waals surface area contributed by atoms with E-state index in [4.69, 9.17) is 5.11 Å². The molecule has 0 aromatic rings. The molecule has 0 unspecified atom stereocenters. The molecular formula is C9H15NO3. The van der Waals surface area contributed by atoms with E-state index in [2.05, 4.69) is 12.2 Å². The first-order chi connectivity index (χ1) is 6.09. The zero-order valence-corrected chi connectivity index (χ0v) is 7.80. The predicted molar refractivity (Wildman–Crippen MR) is 47.2 cm³/mol. The van der Waals surface area contributed by atoms with Gasteiger partial charge >= 0.3 is 11.9 Å². The Morgan fingerprint density at radius 3 is 2.46 bits per heavy atom. The Morgan fingerprint density at radius 2 is 2.08 bits per heavy atom. The number of carbonyl (C=O) groups is 2. The highest BCUT2D eigenvalue weighted by Gasteiger charge is 2.41. The van der Waals surface area contributed by atoms with Gasteiger partial charge in [0.05, 0.1) is 0 Å². The highest BCUT2D eigenvalue weighted by molar-refractivity contribution is 6.31. The van der Waals surface area contributed by atoms with Gasteiger partial charge in [-0.2, -0.15) is 0 Å². The number of aliphatic carboxylic acids is 1. The number of carboxylic acid groups (broad SMARTS) is 1. The van der Waals surface area contributed by atoms with Crippen molar-refractivity contribution in [2.75, 3.05) is 6.54 Å². The number of carboxylic acids is 1. The van der Waals surface area contributed by atoms with Gasteiger partial charge in [-0.25, -0.2) is 4.79 Å². The van der Waals surface area contributed by atoms with Crippen LogP contribution in [0.5, 0.6) is 0 Å². The average molecular weight is 185 g/mol. The number of rotatable bonds is 4. The lowest BCUT2D eigenvalue weighted by Crippen LogP contribution is -2.35. The highest BCUT2D eigenvalue weighted by atomic mass is 16.4. The van der Waals surface area contributed by atoms with Crippen molar-refractivity contribution in [1.82, 2.24) is 5.32 Å². The van der Waals surface area contributed by atoms with Crippen molar-refractivity contribution >= 4 is 11.9 Å². The van der Waals surface area contributed by atoms with Gasteiger partial charge in [0.15, 0.2) is 0 Å². The predicted octanol–water partition coefficient (Wildman–Crippen LogP) is 0.767. The molecule has 0 aliphatic heterocycles. The summed E-state index contributed by atoms with van der Waals surface area (Å²) in [5.41, 5.74) is 0.222. The smallest absolute Gasteiger partial charge is 0.394 e. The molecule has 74 valence electrons. The quantitative estimate of drug-likeness (QED) is 0.636. The first-order valence-corrected chi connectivity index (χ1v) is 4.61. The van der Waals surface area contributed by atoms with Gasteiger partial charge in [-0.05, 0) is 24.7 Å². The maximum Gasteiger partial charge on any atom is 0.394 e. The van der Waals surface area contributed by atoms with E-state index in [1.165, 1.54) is 0 Å². The van der Waals surface area contributed by atoms with E-state index in [9.17, 15) is 9.59 Å². The molecule has 0 atom stereocenters. The van der Waals surface area contributed by atoms with Crippen LogP contribution in [0.3, 0.4) is 0 Å². The summed E-state index contributed by atoms with van der Waals surface area (Å²) in [7, 11) is 0. The highest BCUT2D eigenvalue weighted by Crippen LogP contribution is 2.48. The molecule has 0 aromatic carbocycles. The van der Waals surface area contributed by atoms with Crippen molar-refractivity contribution in [2.24, 2.45) is 5.41 Å². The summed E-state index contributed by atoms with van der Waals surface area (Å²) in [6, 6.07) is 0.